The molecule has 2 rings (SSSR count). The average Bonchev–Trinajstić information content (AvgIpc) is 2.56. The fraction of sp³-hybridized carbons (Fsp3) is 0.176. The van der Waals surface area contributed by atoms with Gasteiger partial charge in [0, 0.05) is 11.1 Å². The SMILES string of the molecule is CCOc1ccc(NC(=O)c2ccc(C(C)=O)cc2)c([N+](=O)[O-])c1. The molecule has 124 valence electrons. The maximum Gasteiger partial charge on any atom is 0.296 e. The van der Waals surface area contributed by atoms with Crippen LogP contribution in [0, 0.1) is 10.1 Å². The van der Waals surface area contributed by atoms with Gasteiger partial charge in [0.2, 0.25) is 0 Å². The highest BCUT2D eigenvalue weighted by molar-refractivity contribution is 6.06. The largest absolute Gasteiger partial charge is 0.494 e. The summed E-state index contributed by atoms with van der Waals surface area (Å²) < 4.78 is 5.23. The smallest absolute Gasteiger partial charge is 0.296 e. The summed E-state index contributed by atoms with van der Waals surface area (Å²) >= 11 is 0. The van der Waals surface area contributed by atoms with Gasteiger partial charge in [-0.25, -0.2) is 0 Å². The van der Waals surface area contributed by atoms with Gasteiger partial charge in [-0.1, -0.05) is 12.1 Å². The van der Waals surface area contributed by atoms with Gasteiger partial charge in [-0.3, -0.25) is 19.7 Å². The number of anilines is 1. The van der Waals surface area contributed by atoms with Gasteiger partial charge in [-0.05, 0) is 38.1 Å². The first-order valence-corrected chi connectivity index (χ1v) is 7.26. The van der Waals surface area contributed by atoms with E-state index in [-0.39, 0.29) is 17.2 Å². The van der Waals surface area contributed by atoms with Crippen LogP contribution in [0.25, 0.3) is 0 Å². The van der Waals surface area contributed by atoms with E-state index in [0.29, 0.717) is 23.5 Å². The van der Waals surface area contributed by atoms with Crippen LogP contribution in [-0.4, -0.2) is 23.2 Å². The number of nitrogens with one attached hydrogen (secondary N) is 1. The number of carbonyl (C=O) groups excluding carboxylic acids is 2. The summed E-state index contributed by atoms with van der Waals surface area (Å²) in [4.78, 5) is 34.1. The van der Waals surface area contributed by atoms with Gasteiger partial charge in [0.15, 0.2) is 5.78 Å². The Hall–Kier alpha value is -3.22. The minimum atomic E-state index is -0.586. The number of hydrogen-bond acceptors (Lipinski definition) is 5. The van der Waals surface area contributed by atoms with Crippen molar-refractivity contribution in [2.24, 2.45) is 0 Å². The lowest BCUT2D eigenvalue weighted by molar-refractivity contribution is -0.384. The standard InChI is InChI=1S/C17H16N2O5/c1-3-24-14-8-9-15(16(10-14)19(22)23)18-17(21)13-6-4-12(5-7-13)11(2)20/h4-10H,3H2,1-2H3,(H,18,21). The number of nitro groups is 1. The summed E-state index contributed by atoms with van der Waals surface area (Å²) in [6.07, 6.45) is 0. The van der Waals surface area contributed by atoms with Crippen LogP contribution in [0.2, 0.25) is 0 Å². The van der Waals surface area contributed by atoms with Crippen LogP contribution in [0.5, 0.6) is 5.75 Å². The highest BCUT2D eigenvalue weighted by atomic mass is 16.6. The van der Waals surface area contributed by atoms with Crippen molar-refractivity contribution in [3.63, 3.8) is 0 Å². The van der Waals surface area contributed by atoms with E-state index < -0.39 is 10.8 Å². The number of nitrogens with zero attached hydrogens (tertiary/aromatic N) is 1. The number of rotatable bonds is 6. The predicted molar refractivity (Wildman–Crippen MR) is 88.7 cm³/mol. The molecule has 0 spiro atoms. The molecular formula is C17H16N2O5. The average molecular weight is 328 g/mol. The number of hydrogen-bond donors (Lipinski definition) is 1. The van der Waals surface area contributed by atoms with Crippen molar-refractivity contribution in [1.29, 1.82) is 0 Å². The minimum absolute atomic E-state index is 0.0732. The number of amides is 1. The Morgan fingerprint density at radius 2 is 1.75 bits per heavy atom. The number of carbonyl (C=O) groups is 2. The third kappa shape index (κ3) is 3.95. The number of Topliss-reactive ketones (excluding diaryl/α,β-unsaturated/α-hetero) is 1. The van der Waals surface area contributed by atoms with E-state index in [4.69, 9.17) is 4.74 Å². The first-order valence-electron chi connectivity index (χ1n) is 7.26. The van der Waals surface area contributed by atoms with E-state index >= 15 is 0 Å². The van der Waals surface area contributed by atoms with Crippen LogP contribution in [0.4, 0.5) is 11.4 Å². The molecule has 0 aromatic heterocycles. The maximum atomic E-state index is 12.2. The normalized spacial score (nSPS) is 10.1. The van der Waals surface area contributed by atoms with E-state index in [2.05, 4.69) is 5.32 Å². The van der Waals surface area contributed by atoms with Crippen molar-refractivity contribution in [2.45, 2.75) is 13.8 Å². The molecule has 7 heteroatoms. The second kappa shape index (κ2) is 7.36. The summed E-state index contributed by atoms with van der Waals surface area (Å²) in [5.41, 5.74) is 0.598. The van der Waals surface area contributed by atoms with Gasteiger partial charge in [-0.2, -0.15) is 0 Å². The molecule has 24 heavy (non-hydrogen) atoms. The Balaban J connectivity index is 2.24. The van der Waals surface area contributed by atoms with Crippen molar-refractivity contribution < 1.29 is 19.2 Å². The van der Waals surface area contributed by atoms with Gasteiger partial charge >= 0.3 is 0 Å². The molecule has 0 aliphatic rings. The highest BCUT2D eigenvalue weighted by Crippen LogP contribution is 2.29. The zero-order chi connectivity index (χ0) is 17.7. The predicted octanol–water partition coefficient (Wildman–Crippen LogP) is 3.45. The molecule has 7 nitrogen and oxygen atoms in total. The Morgan fingerprint density at radius 3 is 2.29 bits per heavy atom. The van der Waals surface area contributed by atoms with Crippen LogP contribution in [0.1, 0.15) is 34.6 Å². The fourth-order valence-corrected chi connectivity index (χ4v) is 2.08. The highest BCUT2D eigenvalue weighted by Gasteiger charge is 2.18. The van der Waals surface area contributed by atoms with Gasteiger partial charge in [0.1, 0.15) is 11.4 Å². The number of ketones is 1. The molecule has 0 atom stereocenters. The Labute approximate surface area is 138 Å². The summed E-state index contributed by atoms with van der Waals surface area (Å²) in [6, 6.07) is 10.3. The molecule has 1 amide bonds. The quantitative estimate of drug-likeness (QED) is 0.497. The summed E-state index contributed by atoms with van der Waals surface area (Å²) in [5.74, 6) is -0.255. The van der Waals surface area contributed by atoms with E-state index in [9.17, 15) is 19.7 Å². The number of nitro benzene ring substituents is 1. The van der Waals surface area contributed by atoms with Crippen LogP contribution < -0.4 is 10.1 Å². The van der Waals surface area contributed by atoms with Gasteiger partial charge in [0.25, 0.3) is 11.6 Å². The second-order valence-corrected chi connectivity index (χ2v) is 4.96. The van der Waals surface area contributed by atoms with E-state index in [1.807, 2.05) is 0 Å². The van der Waals surface area contributed by atoms with Crippen molar-refractivity contribution >= 4 is 23.1 Å². The molecule has 1 N–H and O–H groups in total. The fourth-order valence-electron chi connectivity index (χ4n) is 2.08. The number of ether oxygens (including phenoxy) is 1. The molecule has 0 radical (unpaired) electrons. The molecule has 0 aliphatic carbocycles. The second-order valence-electron chi connectivity index (χ2n) is 4.96. The van der Waals surface area contributed by atoms with Crippen LogP contribution in [0.3, 0.4) is 0 Å². The Morgan fingerprint density at radius 1 is 1.12 bits per heavy atom. The summed E-state index contributed by atoms with van der Waals surface area (Å²) in [6.45, 7) is 3.58. The number of benzene rings is 2. The van der Waals surface area contributed by atoms with Crippen molar-refractivity contribution in [2.75, 3.05) is 11.9 Å². The van der Waals surface area contributed by atoms with Crippen molar-refractivity contribution in [3.05, 3.63) is 63.7 Å². The molecule has 2 aromatic rings. The molecule has 0 unspecified atom stereocenters. The molecule has 0 bridgehead atoms. The van der Waals surface area contributed by atoms with E-state index in [1.54, 1.807) is 13.0 Å². The third-order valence-electron chi connectivity index (χ3n) is 3.28. The minimum Gasteiger partial charge on any atom is -0.494 e. The van der Waals surface area contributed by atoms with Crippen molar-refractivity contribution in [3.8, 4) is 5.75 Å². The lowest BCUT2D eigenvalue weighted by atomic mass is 10.1. The molecular weight excluding hydrogens is 312 g/mol. The van der Waals surface area contributed by atoms with E-state index in [0.717, 1.165) is 0 Å². The molecule has 0 saturated carbocycles. The molecule has 2 aromatic carbocycles. The first-order chi connectivity index (χ1) is 11.4. The zero-order valence-corrected chi connectivity index (χ0v) is 13.2. The maximum absolute atomic E-state index is 12.2. The molecule has 0 aliphatic heterocycles. The monoisotopic (exact) mass is 328 g/mol. The third-order valence-corrected chi connectivity index (χ3v) is 3.28. The molecule has 0 fully saturated rings. The van der Waals surface area contributed by atoms with Crippen LogP contribution in [-0.2, 0) is 0 Å². The Bertz CT molecular complexity index is 784. The Kier molecular flexibility index (Phi) is 5.26. The van der Waals surface area contributed by atoms with Crippen molar-refractivity contribution in [1.82, 2.24) is 0 Å². The first kappa shape index (κ1) is 17.1. The van der Waals surface area contributed by atoms with Gasteiger partial charge in [0.05, 0.1) is 17.6 Å². The topological polar surface area (TPSA) is 98.5 Å². The molecule has 0 heterocycles. The van der Waals surface area contributed by atoms with Crippen LogP contribution >= 0.6 is 0 Å². The van der Waals surface area contributed by atoms with Gasteiger partial charge in [-0.15, -0.1) is 0 Å². The molecule has 0 saturated heterocycles. The van der Waals surface area contributed by atoms with Crippen LogP contribution in [0.15, 0.2) is 42.5 Å². The lowest BCUT2D eigenvalue weighted by Crippen LogP contribution is -2.13. The lowest BCUT2D eigenvalue weighted by Gasteiger charge is -2.08. The zero-order valence-electron chi connectivity index (χ0n) is 13.2. The van der Waals surface area contributed by atoms with E-state index in [1.165, 1.54) is 43.3 Å². The summed E-state index contributed by atoms with van der Waals surface area (Å²) in [5, 5.41) is 13.7. The van der Waals surface area contributed by atoms with Gasteiger partial charge < -0.3 is 10.1 Å². The summed E-state index contributed by atoms with van der Waals surface area (Å²) in [7, 11) is 0.